The summed E-state index contributed by atoms with van der Waals surface area (Å²) in [5, 5.41) is 14.1. The van der Waals surface area contributed by atoms with Crippen molar-refractivity contribution in [1.29, 1.82) is 5.26 Å². The summed E-state index contributed by atoms with van der Waals surface area (Å²) in [6, 6.07) is 19.8. The first-order chi connectivity index (χ1) is 15.9. The SMILES string of the molecule is Cc1ccc(C(NC(=O)C2CCN(S(=O)(=O)c3ccc(C#N)cc3)CC2)c2cccs2)cc1. The van der Waals surface area contributed by atoms with Crippen LogP contribution in [-0.2, 0) is 14.8 Å². The molecule has 0 radical (unpaired) electrons. The minimum atomic E-state index is -3.65. The number of carbonyl (C=O) groups is 1. The van der Waals surface area contributed by atoms with Gasteiger partial charge < -0.3 is 5.32 Å². The summed E-state index contributed by atoms with van der Waals surface area (Å²) < 4.78 is 27.3. The van der Waals surface area contributed by atoms with Gasteiger partial charge in [-0.15, -0.1) is 11.3 Å². The molecule has 1 amide bonds. The fourth-order valence-electron chi connectivity index (χ4n) is 4.00. The first kappa shape index (κ1) is 23.2. The Hall–Kier alpha value is -2.99. The van der Waals surface area contributed by atoms with Crippen molar-refractivity contribution in [2.45, 2.75) is 30.7 Å². The Bertz CT molecular complexity index is 1240. The Morgan fingerprint density at radius 3 is 2.33 bits per heavy atom. The second-order valence-corrected chi connectivity index (χ2v) is 11.1. The molecule has 1 saturated heterocycles. The Morgan fingerprint density at radius 2 is 1.76 bits per heavy atom. The van der Waals surface area contributed by atoms with E-state index in [1.807, 2.05) is 54.8 Å². The summed E-state index contributed by atoms with van der Waals surface area (Å²) in [4.78, 5) is 14.4. The lowest BCUT2D eigenvalue weighted by Gasteiger charge is -2.31. The van der Waals surface area contributed by atoms with Gasteiger partial charge >= 0.3 is 0 Å². The van der Waals surface area contributed by atoms with Crippen LogP contribution in [0.5, 0.6) is 0 Å². The molecular formula is C25H25N3O3S2. The molecule has 0 spiro atoms. The molecule has 1 aliphatic heterocycles. The van der Waals surface area contributed by atoms with E-state index in [4.69, 9.17) is 5.26 Å². The third kappa shape index (κ3) is 5.17. The van der Waals surface area contributed by atoms with Crippen LogP contribution in [0.1, 0.15) is 40.5 Å². The molecule has 8 heteroatoms. The monoisotopic (exact) mass is 479 g/mol. The maximum atomic E-state index is 13.1. The van der Waals surface area contributed by atoms with Gasteiger partial charge in [-0.3, -0.25) is 4.79 Å². The van der Waals surface area contributed by atoms with Gasteiger partial charge in [0.1, 0.15) is 0 Å². The zero-order chi connectivity index (χ0) is 23.4. The zero-order valence-corrected chi connectivity index (χ0v) is 19.9. The second kappa shape index (κ2) is 9.87. The van der Waals surface area contributed by atoms with Crippen LogP contribution in [0.4, 0.5) is 0 Å². The quantitative estimate of drug-likeness (QED) is 0.573. The van der Waals surface area contributed by atoms with Crippen LogP contribution in [-0.4, -0.2) is 31.7 Å². The topological polar surface area (TPSA) is 90.3 Å². The van der Waals surface area contributed by atoms with Crippen LogP contribution >= 0.6 is 11.3 Å². The molecule has 1 N–H and O–H groups in total. The lowest BCUT2D eigenvalue weighted by Crippen LogP contribution is -2.43. The normalized spacial score (nSPS) is 16.1. The summed E-state index contributed by atoms with van der Waals surface area (Å²) >= 11 is 1.60. The summed E-state index contributed by atoms with van der Waals surface area (Å²) in [6.45, 7) is 2.60. The molecule has 2 aromatic carbocycles. The number of nitriles is 1. The van der Waals surface area contributed by atoms with E-state index in [0.717, 1.165) is 16.0 Å². The zero-order valence-electron chi connectivity index (χ0n) is 18.3. The van der Waals surface area contributed by atoms with Gasteiger partial charge in [-0.25, -0.2) is 8.42 Å². The molecule has 0 aliphatic carbocycles. The number of rotatable bonds is 6. The van der Waals surface area contributed by atoms with Gasteiger partial charge in [0, 0.05) is 23.9 Å². The number of benzene rings is 2. The molecule has 0 saturated carbocycles. The average molecular weight is 480 g/mol. The van der Waals surface area contributed by atoms with Gasteiger partial charge in [-0.1, -0.05) is 35.9 Å². The molecule has 33 heavy (non-hydrogen) atoms. The third-order valence-corrected chi connectivity index (χ3v) is 8.82. The number of carbonyl (C=O) groups excluding carboxylic acids is 1. The highest BCUT2D eigenvalue weighted by atomic mass is 32.2. The van der Waals surface area contributed by atoms with Gasteiger partial charge in [0.2, 0.25) is 15.9 Å². The molecule has 1 atom stereocenters. The minimum Gasteiger partial charge on any atom is -0.344 e. The standard InChI is InChI=1S/C25H25N3O3S2/c1-18-4-8-20(9-5-18)24(23-3-2-16-32-23)27-25(29)21-12-14-28(15-13-21)33(30,31)22-10-6-19(17-26)7-11-22/h2-11,16,21,24H,12-15H2,1H3,(H,27,29). The number of nitrogens with zero attached hydrogens (tertiary/aromatic N) is 2. The van der Waals surface area contributed by atoms with Crippen molar-refractivity contribution in [2.24, 2.45) is 5.92 Å². The van der Waals surface area contributed by atoms with E-state index < -0.39 is 10.0 Å². The molecule has 3 aromatic rings. The van der Waals surface area contributed by atoms with E-state index in [-0.39, 0.29) is 35.9 Å². The lowest BCUT2D eigenvalue weighted by molar-refractivity contribution is -0.126. The van der Waals surface area contributed by atoms with Crippen LogP contribution in [0.15, 0.2) is 70.9 Å². The summed E-state index contributed by atoms with van der Waals surface area (Å²) in [5.41, 5.74) is 2.60. The van der Waals surface area contributed by atoms with E-state index in [2.05, 4.69) is 5.32 Å². The Labute approximate surface area is 198 Å². The average Bonchev–Trinajstić information content (AvgIpc) is 3.38. The number of hydrogen-bond acceptors (Lipinski definition) is 5. The number of hydrogen-bond donors (Lipinski definition) is 1. The number of sulfonamides is 1. The molecule has 4 rings (SSSR count). The highest BCUT2D eigenvalue weighted by Gasteiger charge is 2.33. The molecule has 1 aromatic heterocycles. The van der Waals surface area contributed by atoms with Gasteiger partial charge in [-0.2, -0.15) is 9.57 Å². The summed E-state index contributed by atoms with van der Waals surface area (Å²) in [6.07, 6.45) is 0.929. The molecule has 170 valence electrons. The number of nitrogens with one attached hydrogen (secondary N) is 1. The summed E-state index contributed by atoms with van der Waals surface area (Å²) in [5.74, 6) is -0.297. The van der Waals surface area contributed by atoms with Crippen LogP contribution in [0.3, 0.4) is 0 Å². The van der Waals surface area contributed by atoms with Crippen LogP contribution in [0.2, 0.25) is 0 Å². The predicted molar refractivity (Wildman–Crippen MR) is 128 cm³/mol. The van der Waals surface area contributed by atoms with E-state index in [9.17, 15) is 13.2 Å². The van der Waals surface area contributed by atoms with Crippen molar-refractivity contribution < 1.29 is 13.2 Å². The van der Waals surface area contributed by atoms with Crippen LogP contribution in [0.25, 0.3) is 0 Å². The number of thiophene rings is 1. The highest BCUT2D eigenvalue weighted by Crippen LogP contribution is 2.29. The van der Waals surface area contributed by atoms with Gasteiger partial charge in [0.05, 0.1) is 22.6 Å². The minimum absolute atomic E-state index is 0.0515. The molecule has 1 unspecified atom stereocenters. The first-order valence-corrected chi connectivity index (χ1v) is 13.1. The van der Waals surface area contributed by atoms with Crippen molar-refractivity contribution in [2.75, 3.05) is 13.1 Å². The Morgan fingerprint density at radius 1 is 1.09 bits per heavy atom. The molecule has 6 nitrogen and oxygen atoms in total. The molecule has 1 fully saturated rings. The highest BCUT2D eigenvalue weighted by molar-refractivity contribution is 7.89. The van der Waals surface area contributed by atoms with Gasteiger partial charge in [0.15, 0.2) is 0 Å². The van der Waals surface area contributed by atoms with Crippen molar-refractivity contribution in [3.05, 3.63) is 87.6 Å². The third-order valence-electron chi connectivity index (χ3n) is 5.97. The maximum Gasteiger partial charge on any atom is 0.243 e. The second-order valence-electron chi connectivity index (χ2n) is 8.18. The number of piperidine rings is 1. The van der Waals surface area contributed by atoms with E-state index in [0.29, 0.717) is 18.4 Å². The van der Waals surface area contributed by atoms with Gasteiger partial charge in [0.25, 0.3) is 0 Å². The van der Waals surface area contributed by atoms with E-state index >= 15 is 0 Å². The van der Waals surface area contributed by atoms with Gasteiger partial charge in [-0.05, 0) is 61.0 Å². The number of aryl methyl sites for hydroxylation is 1. The van der Waals surface area contributed by atoms with Crippen molar-refractivity contribution >= 4 is 27.3 Å². The van der Waals surface area contributed by atoms with E-state index in [1.165, 1.54) is 28.6 Å². The molecule has 2 heterocycles. The fourth-order valence-corrected chi connectivity index (χ4v) is 6.27. The smallest absolute Gasteiger partial charge is 0.243 e. The summed E-state index contributed by atoms with van der Waals surface area (Å²) in [7, 11) is -3.65. The fraction of sp³-hybridized carbons (Fsp3) is 0.280. The Balaban J connectivity index is 1.43. The largest absolute Gasteiger partial charge is 0.344 e. The van der Waals surface area contributed by atoms with Crippen molar-refractivity contribution in [3.63, 3.8) is 0 Å². The van der Waals surface area contributed by atoms with Crippen LogP contribution < -0.4 is 5.32 Å². The van der Waals surface area contributed by atoms with Crippen molar-refractivity contribution in [1.82, 2.24) is 9.62 Å². The molecular weight excluding hydrogens is 454 g/mol. The molecule has 0 bridgehead atoms. The van der Waals surface area contributed by atoms with Crippen molar-refractivity contribution in [3.8, 4) is 6.07 Å². The predicted octanol–water partition coefficient (Wildman–Crippen LogP) is 4.23. The van der Waals surface area contributed by atoms with Crippen LogP contribution in [0, 0.1) is 24.2 Å². The first-order valence-electron chi connectivity index (χ1n) is 10.8. The lowest BCUT2D eigenvalue weighted by atomic mass is 9.95. The molecule has 1 aliphatic rings. The van der Waals surface area contributed by atoms with E-state index in [1.54, 1.807) is 11.3 Å². The number of amides is 1. The Kier molecular flexibility index (Phi) is 6.94. The maximum absolute atomic E-state index is 13.1.